The first kappa shape index (κ1) is 23.8. The summed E-state index contributed by atoms with van der Waals surface area (Å²) >= 11 is 4.78. The van der Waals surface area contributed by atoms with Gasteiger partial charge in [-0.3, -0.25) is 0 Å². The van der Waals surface area contributed by atoms with Crippen LogP contribution < -0.4 is 0 Å². The summed E-state index contributed by atoms with van der Waals surface area (Å²) < 4.78 is 19.8. The smallest absolute Gasteiger partial charge is 0.161 e. The van der Waals surface area contributed by atoms with Crippen molar-refractivity contribution in [2.45, 2.75) is 65.0 Å². The lowest BCUT2D eigenvalue weighted by atomic mass is 10.2. The molecule has 23 heavy (non-hydrogen) atoms. The molecule has 0 bridgehead atoms. The second-order valence-electron chi connectivity index (χ2n) is 4.96. The maximum Gasteiger partial charge on any atom is 0.161 e. The number of hydrogen-bond acceptors (Lipinski definition) is 3. The van der Waals surface area contributed by atoms with E-state index < -0.39 is 0 Å². The van der Waals surface area contributed by atoms with Crippen molar-refractivity contribution in [1.29, 1.82) is 0 Å². The molecule has 0 rings (SSSR count). The van der Waals surface area contributed by atoms with Crippen LogP contribution in [0.3, 0.4) is 0 Å². The zero-order chi connectivity index (χ0) is 17.2. The van der Waals surface area contributed by atoms with Gasteiger partial charge in [0.05, 0.1) is 0 Å². The summed E-state index contributed by atoms with van der Waals surface area (Å²) in [7, 11) is 0. The fourth-order valence-corrected chi connectivity index (χ4v) is 2.70. The SMILES string of the molecule is CCOC(CC/C=C\CCI)OC(CC/C=C\CCI)OCC. The molecule has 2 unspecified atom stereocenters. The summed E-state index contributed by atoms with van der Waals surface area (Å²) in [5.41, 5.74) is 0. The van der Waals surface area contributed by atoms with Gasteiger partial charge in [-0.15, -0.1) is 0 Å². The van der Waals surface area contributed by atoms with Crippen LogP contribution in [0.15, 0.2) is 24.3 Å². The van der Waals surface area contributed by atoms with Crippen LogP contribution >= 0.6 is 45.2 Å². The molecule has 0 aliphatic heterocycles. The van der Waals surface area contributed by atoms with Crippen molar-refractivity contribution in [1.82, 2.24) is 0 Å². The molecule has 0 aliphatic rings. The zero-order valence-electron chi connectivity index (χ0n) is 14.5. The number of rotatable bonds is 16. The molecule has 0 saturated carbocycles. The third-order valence-corrected chi connectivity index (χ3v) is 4.28. The van der Waals surface area contributed by atoms with Gasteiger partial charge in [0, 0.05) is 34.9 Å². The van der Waals surface area contributed by atoms with Gasteiger partial charge in [-0.2, -0.15) is 0 Å². The molecule has 0 heterocycles. The molecule has 0 saturated heterocycles. The summed E-state index contributed by atoms with van der Waals surface area (Å²) in [5.74, 6) is 0. The Morgan fingerprint density at radius 1 is 0.696 bits per heavy atom. The van der Waals surface area contributed by atoms with Crippen LogP contribution in [0.5, 0.6) is 0 Å². The quantitative estimate of drug-likeness (QED) is 0.101. The minimum absolute atomic E-state index is 0.181. The molecule has 0 fully saturated rings. The van der Waals surface area contributed by atoms with E-state index in [0.29, 0.717) is 13.2 Å². The minimum Gasteiger partial charge on any atom is -0.353 e. The predicted molar refractivity (Wildman–Crippen MR) is 116 cm³/mol. The largest absolute Gasteiger partial charge is 0.353 e. The van der Waals surface area contributed by atoms with Gasteiger partial charge in [0.15, 0.2) is 12.6 Å². The zero-order valence-corrected chi connectivity index (χ0v) is 18.8. The van der Waals surface area contributed by atoms with Gasteiger partial charge in [0.25, 0.3) is 0 Å². The third kappa shape index (κ3) is 16.1. The van der Waals surface area contributed by atoms with Gasteiger partial charge >= 0.3 is 0 Å². The Morgan fingerprint density at radius 3 is 1.43 bits per heavy atom. The van der Waals surface area contributed by atoms with Crippen LogP contribution in [0.4, 0.5) is 0 Å². The molecule has 0 N–H and O–H groups in total. The number of halogens is 2. The first-order valence-corrected chi connectivity index (χ1v) is 11.6. The van der Waals surface area contributed by atoms with Crippen LogP contribution in [0.25, 0.3) is 0 Å². The lowest BCUT2D eigenvalue weighted by Gasteiger charge is -2.24. The molecule has 0 spiro atoms. The summed E-state index contributed by atoms with van der Waals surface area (Å²) in [6.07, 6.45) is 14.5. The van der Waals surface area contributed by atoms with Gasteiger partial charge < -0.3 is 14.2 Å². The molecular formula is C18H32I2O3. The van der Waals surface area contributed by atoms with E-state index >= 15 is 0 Å². The molecule has 136 valence electrons. The molecular weight excluding hydrogens is 518 g/mol. The van der Waals surface area contributed by atoms with Crippen molar-refractivity contribution < 1.29 is 14.2 Å². The standard InChI is InChI=1S/C18H32I2O3/c1-3-21-17(13-9-5-7-11-15-19)23-18(22-4-2)14-10-6-8-12-16-20/h5-8,17-18H,3-4,9-16H2,1-2H3/b7-5-,8-6-. The number of ether oxygens (including phenoxy) is 3. The molecule has 0 aliphatic carbocycles. The van der Waals surface area contributed by atoms with Gasteiger partial charge in [0.1, 0.15) is 0 Å². The van der Waals surface area contributed by atoms with Gasteiger partial charge in [-0.05, 0) is 39.5 Å². The Balaban J connectivity index is 4.21. The van der Waals surface area contributed by atoms with E-state index in [9.17, 15) is 0 Å². The second-order valence-corrected chi connectivity index (χ2v) is 7.12. The van der Waals surface area contributed by atoms with Crippen molar-refractivity contribution in [2.75, 3.05) is 22.1 Å². The normalized spacial score (nSPS) is 14.8. The molecule has 2 atom stereocenters. The maximum atomic E-state index is 6.03. The lowest BCUT2D eigenvalue weighted by molar-refractivity contribution is -0.246. The third-order valence-electron chi connectivity index (χ3n) is 3.03. The summed E-state index contributed by atoms with van der Waals surface area (Å²) in [6, 6.07) is 0. The van der Waals surface area contributed by atoms with E-state index in [1.807, 2.05) is 13.8 Å². The molecule has 0 aromatic carbocycles. The first-order valence-electron chi connectivity index (χ1n) is 8.59. The van der Waals surface area contributed by atoms with E-state index in [2.05, 4.69) is 69.5 Å². The Kier molecular flexibility index (Phi) is 19.8. The van der Waals surface area contributed by atoms with Gasteiger partial charge in [0.2, 0.25) is 0 Å². The molecule has 0 aromatic heterocycles. The molecule has 0 amide bonds. The van der Waals surface area contributed by atoms with Crippen molar-refractivity contribution in [3.63, 3.8) is 0 Å². The molecule has 0 aromatic rings. The monoisotopic (exact) mass is 550 g/mol. The second kappa shape index (κ2) is 19.1. The van der Waals surface area contributed by atoms with E-state index in [-0.39, 0.29) is 12.6 Å². The average Bonchev–Trinajstić information content (AvgIpc) is 2.54. The van der Waals surface area contributed by atoms with Crippen molar-refractivity contribution in [2.24, 2.45) is 0 Å². The van der Waals surface area contributed by atoms with Crippen LogP contribution in [-0.4, -0.2) is 34.6 Å². The highest BCUT2D eigenvalue weighted by Crippen LogP contribution is 2.14. The Bertz CT molecular complexity index is 268. The van der Waals surface area contributed by atoms with Gasteiger partial charge in [-0.25, -0.2) is 0 Å². The van der Waals surface area contributed by atoms with E-state index in [4.69, 9.17) is 14.2 Å². The maximum absolute atomic E-state index is 6.03. The fourth-order valence-electron chi connectivity index (χ4n) is 1.98. The van der Waals surface area contributed by atoms with Crippen molar-refractivity contribution in [3.05, 3.63) is 24.3 Å². The lowest BCUT2D eigenvalue weighted by Crippen LogP contribution is -2.27. The van der Waals surface area contributed by atoms with Crippen molar-refractivity contribution >= 4 is 45.2 Å². The van der Waals surface area contributed by atoms with Gasteiger partial charge in [-0.1, -0.05) is 69.5 Å². The topological polar surface area (TPSA) is 27.7 Å². The Hall–Kier alpha value is 0.820. The van der Waals surface area contributed by atoms with Crippen LogP contribution in [0.2, 0.25) is 0 Å². The summed E-state index contributed by atoms with van der Waals surface area (Å²) in [4.78, 5) is 0. The van der Waals surface area contributed by atoms with E-state index in [1.54, 1.807) is 0 Å². The molecule has 3 nitrogen and oxygen atoms in total. The van der Waals surface area contributed by atoms with Crippen molar-refractivity contribution in [3.8, 4) is 0 Å². The fraction of sp³-hybridized carbons (Fsp3) is 0.778. The first-order chi connectivity index (χ1) is 11.3. The molecule has 5 heteroatoms. The highest BCUT2D eigenvalue weighted by molar-refractivity contribution is 14.1. The summed E-state index contributed by atoms with van der Waals surface area (Å²) in [5, 5.41) is 0. The highest BCUT2D eigenvalue weighted by Gasteiger charge is 2.16. The predicted octanol–water partition coefficient (Wildman–Crippen LogP) is 6.05. The molecule has 0 radical (unpaired) electrons. The number of allylic oxidation sites excluding steroid dienone is 4. The van der Waals surface area contributed by atoms with Crippen LogP contribution in [-0.2, 0) is 14.2 Å². The van der Waals surface area contributed by atoms with E-state index in [1.165, 1.54) is 0 Å². The summed E-state index contributed by atoms with van der Waals surface area (Å²) in [6.45, 7) is 5.34. The van der Waals surface area contributed by atoms with Crippen LogP contribution in [0, 0.1) is 0 Å². The Labute approximate surface area is 169 Å². The van der Waals surface area contributed by atoms with Crippen LogP contribution in [0.1, 0.15) is 52.4 Å². The Morgan fingerprint density at radius 2 is 1.09 bits per heavy atom. The minimum atomic E-state index is -0.181. The number of alkyl halides is 2. The number of hydrogen-bond donors (Lipinski definition) is 0. The highest BCUT2D eigenvalue weighted by atomic mass is 127. The van der Waals surface area contributed by atoms with E-state index in [0.717, 1.165) is 47.4 Å². The average molecular weight is 550 g/mol.